The molecular weight excluding hydrogens is 378 g/mol. The number of nitrogens with one attached hydrogen (secondary N) is 1. The minimum Gasteiger partial charge on any atom is -0.484 e. The highest BCUT2D eigenvalue weighted by atomic mass is 16.5. The van der Waals surface area contributed by atoms with Gasteiger partial charge in [-0.25, -0.2) is 0 Å². The van der Waals surface area contributed by atoms with Crippen molar-refractivity contribution in [1.82, 2.24) is 10.1 Å². The van der Waals surface area contributed by atoms with E-state index in [-0.39, 0.29) is 12.5 Å². The van der Waals surface area contributed by atoms with Crippen LogP contribution in [-0.2, 0) is 4.79 Å². The van der Waals surface area contributed by atoms with Crippen LogP contribution in [0.25, 0.3) is 22.8 Å². The summed E-state index contributed by atoms with van der Waals surface area (Å²) in [6, 6.07) is 22.6. The molecule has 0 aliphatic heterocycles. The van der Waals surface area contributed by atoms with Crippen molar-refractivity contribution in [3.63, 3.8) is 0 Å². The molecule has 0 saturated heterocycles. The Morgan fingerprint density at radius 1 is 0.933 bits per heavy atom. The van der Waals surface area contributed by atoms with Crippen molar-refractivity contribution in [2.24, 2.45) is 0 Å². The molecule has 0 aliphatic carbocycles. The van der Waals surface area contributed by atoms with E-state index in [4.69, 9.17) is 9.26 Å². The van der Waals surface area contributed by atoms with Gasteiger partial charge >= 0.3 is 0 Å². The van der Waals surface area contributed by atoms with Gasteiger partial charge in [-0.15, -0.1) is 0 Å². The van der Waals surface area contributed by atoms with Crippen LogP contribution in [-0.4, -0.2) is 22.7 Å². The van der Waals surface area contributed by atoms with Crippen molar-refractivity contribution >= 4 is 11.6 Å². The van der Waals surface area contributed by atoms with Crippen LogP contribution < -0.4 is 10.1 Å². The van der Waals surface area contributed by atoms with Gasteiger partial charge in [0.2, 0.25) is 5.82 Å². The zero-order valence-electron chi connectivity index (χ0n) is 16.8. The molecule has 0 aliphatic rings. The number of amides is 1. The summed E-state index contributed by atoms with van der Waals surface area (Å²) in [7, 11) is 0. The number of hydrogen-bond donors (Lipinski definition) is 1. The molecule has 0 saturated carbocycles. The average Bonchev–Trinajstić information content (AvgIpc) is 3.26. The number of nitrogens with zero attached hydrogens (tertiary/aromatic N) is 2. The molecule has 30 heavy (non-hydrogen) atoms. The predicted octanol–water partition coefficient (Wildman–Crippen LogP) is 5.04. The van der Waals surface area contributed by atoms with E-state index in [0.29, 0.717) is 17.5 Å². The summed E-state index contributed by atoms with van der Waals surface area (Å²) in [6.45, 7) is 3.96. The summed E-state index contributed by atoms with van der Waals surface area (Å²) in [5.41, 5.74) is 4.73. The van der Waals surface area contributed by atoms with E-state index in [9.17, 15) is 4.79 Å². The summed E-state index contributed by atoms with van der Waals surface area (Å²) >= 11 is 0. The lowest BCUT2D eigenvalue weighted by Crippen LogP contribution is -2.20. The number of rotatable bonds is 6. The van der Waals surface area contributed by atoms with Gasteiger partial charge in [0, 0.05) is 16.8 Å². The number of aryl methyl sites for hydroxylation is 2. The Morgan fingerprint density at radius 3 is 2.43 bits per heavy atom. The fourth-order valence-corrected chi connectivity index (χ4v) is 2.90. The predicted molar refractivity (Wildman–Crippen MR) is 115 cm³/mol. The third kappa shape index (κ3) is 4.55. The van der Waals surface area contributed by atoms with E-state index in [1.807, 2.05) is 74.5 Å². The number of anilines is 1. The molecule has 6 nitrogen and oxygen atoms in total. The molecule has 6 heteroatoms. The molecule has 1 aromatic heterocycles. The molecule has 0 fully saturated rings. The Morgan fingerprint density at radius 2 is 1.70 bits per heavy atom. The highest BCUT2D eigenvalue weighted by molar-refractivity contribution is 5.92. The van der Waals surface area contributed by atoms with Crippen LogP contribution in [0.15, 0.2) is 77.3 Å². The van der Waals surface area contributed by atoms with Crippen LogP contribution >= 0.6 is 0 Å². The molecule has 4 rings (SSSR count). The first-order valence-corrected chi connectivity index (χ1v) is 9.58. The Hall–Kier alpha value is -3.93. The molecule has 0 bridgehead atoms. The molecule has 1 amide bonds. The first-order valence-electron chi connectivity index (χ1n) is 9.58. The maximum absolute atomic E-state index is 12.1. The Balaban J connectivity index is 1.35. The van der Waals surface area contributed by atoms with E-state index in [0.717, 1.165) is 22.4 Å². The van der Waals surface area contributed by atoms with Crippen molar-refractivity contribution in [3.05, 3.63) is 83.9 Å². The zero-order chi connectivity index (χ0) is 20.9. The summed E-state index contributed by atoms with van der Waals surface area (Å²) in [4.78, 5) is 16.6. The van der Waals surface area contributed by atoms with Gasteiger partial charge in [-0.2, -0.15) is 4.98 Å². The summed E-state index contributed by atoms with van der Waals surface area (Å²) in [6.07, 6.45) is 0. The van der Waals surface area contributed by atoms with Crippen molar-refractivity contribution < 1.29 is 14.1 Å². The SMILES string of the molecule is Cc1ccc(NC(=O)COc2ccc(-c3nc(-c4ccccc4)no3)cc2)cc1C. The number of carbonyl (C=O) groups excluding carboxylic acids is 1. The Bertz CT molecular complexity index is 1150. The van der Waals surface area contributed by atoms with E-state index in [2.05, 4.69) is 15.5 Å². The van der Waals surface area contributed by atoms with Crippen molar-refractivity contribution in [3.8, 4) is 28.6 Å². The fraction of sp³-hybridized carbons (Fsp3) is 0.125. The van der Waals surface area contributed by atoms with Crippen LogP contribution in [0.5, 0.6) is 5.75 Å². The maximum Gasteiger partial charge on any atom is 0.262 e. The van der Waals surface area contributed by atoms with Gasteiger partial charge in [0.15, 0.2) is 6.61 Å². The van der Waals surface area contributed by atoms with Gasteiger partial charge in [-0.05, 0) is 61.4 Å². The first-order chi connectivity index (χ1) is 14.6. The van der Waals surface area contributed by atoms with Crippen molar-refractivity contribution in [1.29, 1.82) is 0 Å². The quantitative estimate of drug-likeness (QED) is 0.492. The standard InChI is InChI=1S/C24H21N3O3/c1-16-8-11-20(14-17(16)2)25-22(28)15-29-21-12-9-19(10-13-21)24-26-23(27-30-24)18-6-4-3-5-7-18/h3-14H,15H2,1-2H3,(H,25,28). The molecule has 0 atom stereocenters. The van der Waals surface area contributed by atoms with Crippen molar-refractivity contribution in [2.75, 3.05) is 11.9 Å². The lowest BCUT2D eigenvalue weighted by molar-refractivity contribution is -0.118. The number of carbonyl (C=O) groups is 1. The first kappa shape index (κ1) is 19.4. The van der Waals surface area contributed by atoms with Gasteiger partial charge in [-0.1, -0.05) is 41.6 Å². The van der Waals surface area contributed by atoms with Crippen LogP contribution in [0.3, 0.4) is 0 Å². The third-order valence-electron chi connectivity index (χ3n) is 4.72. The highest BCUT2D eigenvalue weighted by Gasteiger charge is 2.11. The van der Waals surface area contributed by atoms with Crippen LogP contribution in [0.1, 0.15) is 11.1 Å². The fourth-order valence-electron chi connectivity index (χ4n) is 2.90. The minimum absolute atomic E-state index is 0.0784. The summed E-state index contributed by atoms with van der Waals surface area (Å²) in [5.74, 6) is 1.32. The average molecular weight is 399 g/mol. The van der Waals surface area contributed by atoms with Gasteiger partial charge in [-0.3, -0.25) is 4.79 Å². The summed E-state index contributed by atoms with van der Waals surface area (Å²) < 4.78 is 10.9. The minimum atomic E-state index is -0.216. The Kier molecular flexibility index (Phi) is 5.57. The smallest absolute Gasteiger partial charge is 0.262 e. The molecule has 4 aromatic rings. The van der Waals surface area contributed by atoms with Gasteiger partial charge < -0.3 is 14.6 Å². The monoisotopic (exact) mass is 399 g/mol. The largest absolute Gasteiger partial charge is 0.484 e. The summed E-state index contributed by atoms with van der Waals surface area (Å²) in [5, 5.41) is 6.86. The second-order valence-electron chi connectivity index (χ2n) is 6.95. The zero-order valence-corrected chi connectivity index (χ0v) is 16.8. The molecule has 0 radical (unpaired) electrons. The van der Waals surface area contributed by atoms with Gasteiger partial charge in [0.05, 0.1) is 0 Å². The molecular formula is C24H21N3O3. The lowest BCUT2D eigenvalue weighted by Gasteiger charge is -2.09. The van der Waals surface area contributed by atoms with Crippen LogP contribution in [0.2, 0.25) is 0 Å². The normalized spacial score (nSPS) is 10.6. The van der Waals surface area contributed by atoms with Crippen LogP contribution in [0, 0.1) is 13.8 Å². The lowest BCUT2D eigenvalue weighted by atomic mass is 10.1. The van der Waals surface area contributed by atoms with E-state index < -0.39 is 0 Å². The van der Waals surface area contributed by atoms with E-state index in [1.165, 1.54) is 5.56 Å². The van der Waals surface area contributed by atoms with Gasteiger partial charge in [0.1, 0.15) is 5.75 Å². The number of benzene rings is 3. The molecule has 1 N–H and O–H groups in total. The molecule has 0 unspecified atom stereocenters. The second kappa shape index (κ2) is 8.61. The molecule has 0 spiro atoms. The number of aromatic nitrogens is 2. The third-order valence-corrected chi connectivity index (χ3v) is 4.72. The molecule has 1 heterocycles. The number of hydrogen-bond acceptors (Lipinski definition) is 5. The van der Waals surface area contributed by atoms with Crippen molar-refractivity contribution in [2.45, 2.75) is 13.8 Å². The van der Waals surface area contributed by atoms with Crippen LogP contribution in [0.4, 0.5) is 5.69 Å². The van der Waals surface area contributed by atoms with E-state index in [1.54, 1.807) is 12.1 Å². The topological polar surface area (TPSA) is 77.2 Å². The molecule has 3 aromatic carbocycles. The highest BCUT2D eigenvalue weighted by Crippen LogP contribution is 2.24. The van der Waals surface area contributed by atoms with Gasteiger partial charge in [0.25, 0.3) is 11.8 Å². The Labute approximate surface area is 174 Å². The second-order valence-corrected chi connectivity index (χ2v) is 6.95. The maximum atomic E-state index is 12.1. The molecule has 150 valence electrons. The number of ether oxygens (including phenoxy) is 1. The van der Waals surface area contributed by atoms with E-state index >= 15 is 0 Å².